The van der Waals surface area contributed by atoms with E-state index in [1.165, 1.54) is 0 Å². The monoisotopic (exact) mass is 402 g/mol. The van der Waals surface area contributed by atoms with Crippen molar-refractivity contribution < 1.29 is 14.3 Å². The minimum Gasteiger partial charge on any atom is -0.493 e. The molecular weight excluding hydrogens is 376 g/mol. The summed E-state index contributed by atoms with van der Waals surface area (Å²) in [5.41, 5.74) is 6.15. The van der Waals surface area contributed by atoms with Gasteiger partial charge in [-0.05, 0) is 49.2 Å². The summed E-state index contributed by atoms with van der Waals surface area (Å²) in [6, 6.07) is 22.7. The minimum atomic E-state index is -0.256. The number of nitrogens with zero attached hydrogens (tertiary/aromatic N) is 1. The van der Waals surface area contributed by atoms with Gasteiger partial charge in [0.25, 0.3) is 5.91 Å². The number of carbonyl (C=O) groups excluding carboxylic acids is 1. The average molecular weight is 402 g/mol. The molecule has 0 aromatic heterocycles. The van der Waals surface area contributed by atoms with Crippen molar-refractivity contribution in [2.75, 3.05) is 13.2 Å². The molecule has 0 bridgehead atoms. The topological polar surface area (TPSA) is 59.9 Å². The molecule has 0 aliphatic rings. The van der Waals surface area contributed by atoms with Crippen LogP contribution in [0, 0.1) is 13.8 Å². The molecule has 3 aromatic rings. The molecule has 0 unspecified atom stereocenters. The molecule has 0 atom stereocenters. The molecule has 30 heavy (non-hydrogen) atoms. The molecule has 0 aliphatic carbocycles. The van der Waals surface area contributed by atoms with Gasteiger partial charge in [0.05, 0.1) is 19.4 Å². The van der Waals surface area contributed by atoms with E-state index in [-0.39, 0.29) is 5.91 Å². The van der Waals surface area contributed by atoms with E-state index in [4.69, 9.17) is 9.47 Å². The van der Waals surface area contributed by atoms with Crippen molar-refractivity contribution >= 4 is 12.1 Å². The molecule has 0 heterocycles. The first-order valence-corrected chi connectivity index (χ1v) is 9.94. The molecule has 5 nitrogen and oxygen atoms in total. The van der Waals surface area contributed by atoms with Gasteiger partial charge in [-0.2, -0.15) is 5.10 Å². The molecule has 1 amide bonds. The molecule has 3 rings (SSSR count). The van der Waals surface area contributed by atoms with Gasteiger partial charge in [0, 0.05) is 17.5 Å². The second kappa shape index (κ2) is 10.8. The lowest BCUT2D eigenvalue weighted by Crippen LogP contribution is -2.17. The molecule has 1 N–H and O–H groups in total. The van der Waals surface area contributed by atoms with Crippen LogP contribution in [0.3, 0.4) is 0 Å². The van der Waals surface area contributed by atoms with E-state index >= 15 is 0 Å². The van der Waals surface area contributed by atoms with Crippen molar-refractivity contribution in [3.05, 3.63) is 95.1 Å². The summed E-state index contributed by atoms with van der Waals surface area (Å²) in [4.78, 5) is 12.1. The van der Waals surface area contributed by atoms with E-state index in [1.54, 1.807) is 18.3 Å². The number of carbonyl (C=O) groups is 1. The van der Waals surface area contributed by atoms with Crippen molar-refractivity contribution in [3.63, 3.8) is 0 Å². The van der Waals surface area contributed by atoms with Crippen LogP contribution in [0.1, 0.15) is 33.5 Å². The highest BCUT2D eigenvalue weighted by molar-refractivity contribution is 5.95. The van der Waals surface area contributed by atoms with E-state index in [0.29, 0.717) is 24.5 Å². The highest BCUT2D eigenvalue weighted by atomic mass is 16.5. The van der Waals surface area contributed by atoms with Gasteiger partial charge in [-0.25, -0.2) is 5.43 Å². The fourth-order valence-electron chi connectivity index (χ4n) is 2.98. The number of hydrogen-bond acceptors (Lipinski definition) is 4. The Labute approximate surface area is 177 Å². The summed E-state index contributed by atoms with van der Waals surface area (Å²) >= 11 is 0. The summed E-state index contributed by atoms with van der Waals surface area (Å²) in [7, 11) is 0. The molecular formula is C25H26N2O3. The van der Waals surface area contributed by atoms with E-state index in [2.05, 4.69) is 10.5 Å². The standard InChI is InChI=1S/C25H26N2O3/c1-19-10-8-11-20(2)24(19)30-17-9-16-29-23-15-7-6-14-22(23)18-26-27-25(28)21-12-4-3-5-13-21/h3-8,10-15,18H,9,16-17H2,1-2H3,(H,27,28)/b26-18+. The predicted octanol–water partition coefficient (Wildman–Crippen LogP) is 4.92. The molecule has 0 fully saturated rings. The van der Waals surface area contributed by atoms with Gasteiger partial charge in [0.15, 0.2) is 0 Å². The van der Waals surface area contributed by atoms with E-state index in [1.807, 2.05) is 74.5 Å². The third-order valence-electron chi connectivity index (χ3n) is 4.53. The lowest BCUT2D eigenvalue weighted by molar-refractivity contribution is 0.0955. The summed E-state index contributed by atoms with van der Waals surface area (Å²) in [6.07, 6.45) is 2.34. The summed E-state index contributed by atoms with van der Waals surface area (Å²) < 4.78 is 11.8. The zero-order valence-electron chi connectivity index (χ0n) is 17.3. The highest BCUT2D eigenvalue weighted by Crippen LogP contribution is 2.22. The number of ether oxygens (including phenoxy) is 2. The van der Waals surface area contributed by atoms with Crippen molar-refractivity contribution in [1.29, 1.82) is 0 Å². The summed E-state index contributed by atoms with van der Waals surface area (Å²) in [5.74, 6) is 1.40. The third-order valence-corrected chi connectivity index (χ3v) is 4.53. The quantitative estimate of drug-likeness (QED) is 0.314. The van der Waals surface area contributed by atoms with Gasteiger partial charge in [0.1, 0.15) is 11.5 Å². The number of benzene rings is 3. The second-order valence-electron chi connectivity index (χ2n) is 6.87. The van der Waals surface area contributed by atoms with E-state index < -0.39 is 0 Å². The Balaban J connectivity index is 1.48. The van der Waals surface area contributed by atoms with Crippen LogP contribution in [0.5, 0.6) is 11.5 Å². The van der Waals surface area contributed by atoms with Crippen molar-refractivity contribution in [2.45, 2.75) is 20.3 Å². The van der Waals surface area contributed by atoms with Crippen LogP contribution in [0.2, 0.25) is 0 Å². The van der Waals surface area contributed by atoms with Gasteiger partial charge in [-0.3, -0.25) is 4.79 Å². The second-order valence-corrected chi connectivity index (χ2v) is 6.87. The molecule has 0 spiro atoms. The number of amides is 1. The maximum absolute atomic E-state index is 12.1. The zero-order valence-corrected chi connectivity index (χ0v) is 17.3. The summed E-state index contributed by atoms with van der Waals surface area (Å²) in [6.45, 7) is 5.19. The summed E-state index contributed by atoms with van der Waals surface area (Å²) in [5, 5.41) is 4.05. The number of aryl methyl sites for hydroxylation is 2. The van der Waals surface area contributed by atoms with Crippen molar-refractivity contribution in [3.8, 4) is 11.5 Å². The Morgan fingerprint density at radius 2 is 1.53 bits per heavy atom. The van der Waals surface area contributed by atoms with Crippen LogP contribution in [-0.4, -0.2) is 25.3 Å². The third kappa shape index (κ3) is 5.95. The Morgan fingerprint density at radius 3 is 2.30 bits per heavy atom. The number of para-hydroxylation sites is 2. The zero-order chi connectivity index (χ0) is 21.2. The van der Waals surface area contributed by atoms with E-state index in [9.17, 15) is 4.79 Å². The number of hydrogen-bond donors (Lipinski definition) is 1. The van der Waals surface area contributed by atoms with Crippen molar-refractivity contribution in [1.82, 2.24) is 5.43 Å². The Kier molecular flexibility index (Phi) is 7.61. The Bertz CT molecular complexity index is 980. The first-order valence-electron chi connectivity index (χ1n) is 9.94. The molecule has 0 aliphatic heterocycles. The smallest absolute Gasteiger partial charge is 0.271 e. The SMILES string of the molecule is Cc1cccc(C)c1OCCCOc1ccccc1/C=N/NC(=O)c1ccccc1. The van der Waals surface area contributed by atoms with Gasteiger partial charge in [0.2, 0.25) is 0 Å². The Hall–Kier alpha value is -3.60. The minimum absolute atomic E-state index is 0.256. The lowest BCUT2D eigenvalue weighted by atomic mass is 10.1. The fraction of sp³-hybridized carbons (Fsp3) is 0.200. The molecule has 5 heteroatoms. The predicted molar refractivity (Wildman–Crippen MR) is 119 cm³/mol. The van der Waals surface area contributed by atoms with Gasteiger partial charge in [-0.15, -0.1) is 0 Å². The Morgan fingerprint density at radius 1 is 0.867 bits per heavy atom. The average Bonchev–Trinajstić information content (AvgIpc) is 2.77. The van der Waals surface area contributed by atoms with E-state index in [0.717, 1.165) is 28.9 Å². The van der Waals surface area contributed by atoms with Crippen LogP contribution in [0.4, 0.5) is 0 Å². The van der Waals surface area contributed by atoms with Gasteiger partial charge >= 0.3 is 0 Å². The first-order chi connectivity index (χ1) is 14.6. The lowest BCUT2D eigenvalue weighted by Gasteiger charge is -2.13. The largest absolute Gasteiger partial charge is 0.493 e. The molecule has 154 valence electrons. The molecule has 0 saturated carbocycles. The van der Waals surface area contributed by atoms with Gasteiger partial charge < -0.3 is 9.47 Å². The number of nitrogens with one attached hydrogen (secondary N) is 1. The maximum Gasteiger partial charge on any atom is 0.271 e. The maximum atomic E-state index is 12.1. The number of hydrazone groups is 1. The van der Waals surface area contributed by atoms with Gasteiger partial charge in [-0.1, -0.05) is 48.5 Å². The van der Waals surface area contributed by atoms with Crippen LogP contribution in [0.15, 0.2) is 77.9 Å². The fourth-order valence-corrected chi connectivity index (χ4v) is 2.98. The van der Waals surface area contributed by atoms with Crippen LogP contribution in [-0.2, 0) is 0 Å². The van der Waals surface area contributed by atoms with Crippen LogP contribution < -0.4 is 14.9 Å². The molecule has 0 radical (unpaired) electrons. The highest BCUT2D eigenvalue weighted by Gasteiger charge is 2.05. The van der Waals surface area contributed by atoms with Crippen LogP contribution >= 0.6 is 0 Å². The molecule has 3 aromatic carbocycles. The number of rotatable bonds is 9. The van der Waals surface area contributed by atoms with Crippen LogP contribution in [0.25, 0.3) is 0 Å². The molecule has 0 saturated heterocycles. The van der Waals surface area contributed by atoms with Crippen molar-refractivity contribution in [2.24, 2.45) is 5.10 Å². The first kappa shape index (κ1) is 21.1. The normalized spacial score (nSPS) is 10.7.